The van der Waals surface area contributed by atoms with Gasteiger partial charge in [-0.2, -0.15) is 0 Å². The summed E-state index contributed by atoms with van der Waals surface area (Å²) in [4.78, 5) is 20.4. The number of amides is 1. The minimum atomic E-state index is -0.996. The van der Waals surface area contributed by atoms with Crippen LogP contribution in [0, 0.1) is 11.6 Å². The van der Waals surface area contributed by atoms with Crippen LogP contribution < -0.4 is 15.4 Å². The Morgan fingerprint density at radius 2 is 1.78 bits per heavy atom. The Labute approximate surface area is 154 Å². The Bertz CT molecular complexity index is 949. The molecule has 2 aromatic carbocycles. The van der Waals surface area contributed by atoms with Gasteiger partial charge >= 0.3 is 0 Å². The number of nitrogens with zero attached hydrogens (tertiary/aromatic N) is 2. The largest absolute Gasteiger partial charge is 0.494 e. The standard InChI is InChI=1S/C19H16F2N4O2/c1-2-27-14-6-3-12(4-7-14)23-18(26)17-9-10-22-19(25-17)24-13-5-8-15(20)16(21)11-13/h3-11H,2H2,1H3,(H,23,26)(H,22,24,25). The summed E-state index contributed by atoms with van der Waals surface area (Å²) in [5, 5.41) is 5.44. The number of anilines is 3. The second-order valence-electron chi connectivity index (χ2n) is 5.43. The molecule has 2 N–H and O–H groups in total. The third-order valence-electron chi connectivity index (χ3n) is 3.49. The van der Waals surface area contributed by atoms with Crippen molar-refractivity contribution in [3.8, 4) is 5.75 Å². The van der Waals surface area contributed by atoms with Gasteiger partial charge in [0.05, 0.1) is 6.61 Å². The van der Waals surface area contributed by atoms with E-state index in [1.807, 2.05) is 6.92 Å². The zero-order valence-electron chi connectivity index (χ0n) is 14.4. The zero-order valence-corrected chi connectivity index (χ0v) is 14.4. The van der Waals surface area contributed by atoms with Crippen LogP contribution in [-0.4, -0.2) is 22.5 Å². The number of aromatic nitrogens is 2. The monoisotopic (exact) mass is 370 g/mol. The predicted octanol–water partition coefficient (Wildman–Crippen LogP) is 4.15. The second-order valence-corrected chi connectivity index (χ2v) is 5.43. The number of rotatable bonds is 6. The van der Waals surface area contributed by atoms with Crippen LogP contribution in [0.15, 0.2) is 54.7 Å². The van der Waals surface area contributed by atoms with E-state index in [2.05, 4.69) is 20.6 Å². The fourth-order valence-electron chi connectivity index (χ4n) is 2.24. The van der Waals surface area contributed by atoms with Gasteiger partial charge in [-0.3, -0.25) is 4.79 Å². The molecule has 0 aliphatic rings. The summed E-state index contributed by atoms with van der Waals surface area (Å²) in [5.41, 5.74) is 0.958. The lowest BCUT2D eigenvalue weighted by molar-refractivity contribution is 0.102. The number of benzene rings is 2. The maximum absolute atomic E-state index is 13.3. The van der Waals surface area contributed by atoms with Crippen LogP contribution in [0.1, 0.15) is 17.4 Å². The number of hydrogen-bond donors (Lipinski definition) is 2. The molecule has 3 rings (SSSR count). The average molecular weight is 370 g/mol. The van der Waals surface area contributed by atoms with Gasteiger partial charge in [-0.15, -0.1) is 0 Å². The van der Waals surface area contributed by atoms with Crippen molar-refractivity contribution < 1.29 is 18.3 Å². The Balaban J connectivity index is 1.70. The molecule has 8 heteroatoms. The van der Waals surface area contributed by atoms with E-state index in [-0.39, 0.29) is 17.3 Å². The van der Waals surface area contributed by atoms with Gasteiger partial charge in [0.2, 0.25) is 5.95 Å². The highest BCUT2D eigenvalue weighted by Gasteiger charge is 2.10. The van der Waals surface area contributed by atoms with E-state index in [1.165, 1.54) is 18.3 Å². The summed E-state index contributed by atoms with van der Waals surface area (Å²) in [6.07, 6.45) is 1.39. The molecule has 0 fully saturated rings. The van der Waals surface area contributed by atoms with E-state index in [0.29, 0.717) is 18.0 Å². The number of hydrogen-bond acceptors (Lipinski definition) is 5. The van der Waals surface area contributed by atoms with Gasteiger partial charge in [0.25, 0.3) is 5.91 Å². The molecule has 0 spiro atoms. The maximum Gasteiger partial charge on any atom is 0.274 e. The van der Waals surface area contributed by atoms with Gasteiger partial charge in [0.1, 0.15) is 11.4 Å². The van der Waals surface area contributed by atoms with Gasteiger partial charge in [0, 0.05) is 23.6 Å². The third kappa shape index (κ3) is 4.75. The van der Waals surface area contributed by atoms with Crippen molar-refractivity contribution in [2.45, 2.75) is 6.92 Å². The van der Waals surface area contributed by atoms with Gasteiger partial charge in [-0.05, 0) is 49.4 Å². The summed E-state index contributed by atoms with van der Waals surface area (Å²) < 4.78 is 31.6. The summed E-state index contributed by atoms with van der Waals surface area (Å²) >= 11 is 0. The number of carbonyl (C=O) groups is 1. The van der Waals surface area contributed by atoms with E-state index >= 15 is 0 Å². The molecule has 0 bridgehead atoms. The van der Waals surface area contributed by atoms with Crippen molar-refractivity contribution in [1.82, 2.24) is 9.97 Å². The maximum atomic E-state index is 13.3. The first-order valence-electron chi connectivity index (χ1n) is 8.14. The fraction of sp³-hybridized carbons (Fsp3) is 0.105. The molecule has 0 atom stereocenters. The first-order chi connectivity index (χ1) is 13.0. The molecule has 1 aromatic heterocycles. The molecular weight excluding hydrogens is 354 g/mol. The smallest absolute Gasteiger partial charge is 0.274 e. The molecule has 0 unspecified atom stereocenters. The van der Waals surface area contributed by atoms with Crippen molar-refractivity contribution in [3.05, 3.63) is 72.1 Å². The molecule has 0 aliphatic heterocycles. The fourth-order valence-corrected chi connectivity index (χ4v) is 2.24. The van der Waals surface area contributed by atoms with E-state index < -0.39 is 17.5 Å². The van der Waals surface area contributed by atoms with Gasteiger partial charge < -0.3 is 15.4 Å². The first kappa shape index (κ1) is 18.2. The SMILES string of the molecule is CCOc1ccc(NC(=O)c2ccnc(Nc3ccc(F)c(F)c3)n2)cc1. The summed E-state index contributed by atoms with van der Waals surface area (Å²) in [7, 11) is 0. The summed E-state index contributed by atoms with van der Waals surface area (Å²) in [5.74, 6) is -1.60. The Morgan fingerprint density at radius 3 is 2.48 bits per heavy atom. The topological polar surface area (TPSA) is 76.1 Å². The lowest BCUT2D eigenvalue weighted by atomic mass is 10.3. The highest BCUT2D eigenvalue weighted by Crippen LogP contribution is 2.18. The second kappa shape index (κ2) is 8.22. The van der Waals surface area contributed by atoms with Gasteiger partial charge in [0.15, 0.2) is 11.6 Å². The highest BCUT2D eigenvalue weighted by molar-refractivity contribution is 6.03. The molecule has 1 heterocycles. The summed E-state index contributed by atoms with van der Waals surface area (Å²) in [6, 6.07) is 11.7. The molecule has 138 valence electrons. The minimum Gasteiger partial charge on any atom is -0.494 e. The van der Waals surface area contributed by atoms with Crippen molar-refractivity contribution in [2.75, 3.05) is 17.2 Å². The van der Waals surface area contributed by atoms with E-state index in [4.69, 9.17) is 4.74 Å². The quantitative estimate of drug-likeness (QED) is 0.682. The van der Waals surface area contributed by atoms with E-state index in [1.54, 1.807) is 24.3 Å². The van der Waals surface area contributed by atoms with Crippen molar-refractivity contribution in [3.63, 3.8) is 0 Å². The van der Waals surface area contributed by atoms with Crippen LogP contribution in [0.4, 0.5) is 26.1 Å². The van der Waals surface area contributed by atoms with E-state index in [0.717, 1.165) is 12.1 Å². The van der Waals surface area contributed by atoms with Gasteiger partial charge in [-0.1, -0.05) is 0 Å². The Hall–Kier alpha value is -3.55. The molecule has 0 radical (unpaired) electrons. The normalized spacial score (nSPS) is 10.3. The average Bonchev–Trinajstić information content (AvgIpc) is 2.67. The minimum absolute atomic E-state index is 0.0837. The predicted molar refractivity (Wildman–Crippen MR) is 97.2 cm³/mol. The first-order valence-corrected chi connectivity index (χ1v) is 8.14. The molecular formula is C19H16F2N4O2. The molecule has 6 nitrogen and oxygen atoms in total. The van der Waals surface area contributed by atoms with Gasteiger partial charge in [-0.25, -0.2) is 18.7 Å². The Morgan fingerprint density at radius 1 is 1.04 bits per heavy atom. The zero-order chi connectivity index (χ0) is 19.2. The van der Waals surface area contributed by atoms with Crippen LogP contribution in [0.25, 0.3) is 0 Å². The van der Waals surface area contributed by atoms with Crippen LogP contribution >= 0.6 is 0 Å². The molecule has 27 heavy (non-hydrogen) atoms. The van der Waals surface area contributed by atoms with Crippen molar-refractivity contribution >= 4 is 23.2 Å². The number of halogens is 2. The molecule has 0 saturated heterocycles. The van der Waals surface area contributed by atoms with Crippen LogP contribution in [0.2, 0.25) is 0 Å². The van der Waals surface area contributed by atoms with Crippen molar-refractivity contribution in [2.24, 2.45) is 0 Å². The Kier molecular flexibility index (Phi) is 5.55. The number of nitrogens with one attached hydrogen (secondary N) is 2. The number of ether oxygens (including phenoxy) is 1. The summed E-state index contributed by atoms with van der Waals surface area (Å²) in [6.45, 7) is 2.44. The van der Waals surface area contributed by atoms with E-state index in [9.17, 15) is 13.6 Å². The number of carbonyl (C=O) groups excluding carboxylic acids is 1. The third-order valence-corrected chi connectivity index (χ3v) is 3.49. The molecule has 0 aliphatic carbocycles. The lowest BCUT2D eigenvalue weighted by Crippen LogP contribution is -2.14. The van der Waals surface area contributed by atoms with Crippen LogP contribution in [0.3, 0.4) is 0 Å². The van der Waals surface area contributed by atoms with Crippen molar-refractivity contribution in [1.29, 1.82) is 0 Å². The van der Waals surface area contributed by atoms with Crippen LogP contribution in [0.5, 0.6) is 5.75 Å². The lowest BCUT2D eigenvalue weighted by Gasteiger charge is -2.08. The molecule has 1 amide bonds. The molecule has 0 saturated carbocycles. The molecule has 3 aromatic rings. The van der Waals surface area contributed by atoms with Crippen LogP contribution in [-0.2, 0) is 0 Å². The highest BCUT2D eigenvalue weighted by atomic mass is 19.2.